The van der Waals surface area contributed by atoms with Crippen molar-refractivity contribution in [2.24, 2.45) is 5.92 Å². The van der Waals surface area contributed by atoms with Gasteiger partial charge in [0.05, 0.1) is 22.8 Å². The van der Waals surface area contributed by atoms with Crippen molar-refractivity contribution in [2.45, 2.75) is 52.3 Å². The third kappa shape index (κ3) is 3.73. The van der Waals surface area contributed by atoms with Crippen LogP contribution in [0.4, 0.5) is 15.4 Å². The molecule has 9 nitrogen and oxygen atoms in total. The highest BCUT2D eigenvalue weighted by Gasteiger charge is 2.47. The summed E-state index contributed by atoms with van der Waals surface area (Å²) in [6, 6.07) is 1.73. The number of carbonyl (C=O) groups is 2. The lowest BCUT2D eigenvalue weighted by Crippen LogP contribution is -2.62. The SMILES string of the molecule is CC(C)C1CN(C2CN(C(=O)OC(C)(C)C)C2)C(=O)N1c1ccn2ncc(Br)c2n1. The quantitative estimate of drug-likeness (QED) is 0.674. The molecule has 2 aromatic rings. The first-order valence-corrected chi connectivity index (χ1v) is 10.9. The van der Waals surface area contributed by atoms with Crippen LogP contribution in [0.3, 0.4) is 0 Å². The zero-order valence-electron chi connectivity index (χ0n) is 17.9. The number of likely N-dealkylation sites (tertiary alicyclic amines) is 1. The number of carbonyl (C=O) groups excluding carboxylic acids is 2. The van der Waals surface area contributed by atoms with Gasteiger partial charge in [0, 0.05) is 25.8 Å². The standard InChI is InChI=1S/C20H27BrN6O3/c1-12(2)15-11-25(13-9-24(10-13)19(29)30-20(3,4)5)18(28)27(15)16-6-7-26-17(23-16)14(21)8-22-26/h6-8,12-13,15H,9-11H2,1-5H3. The van der Waals surface area contributed by atoms with Crippen LogP contribution in [0.25, 0.3) is 5.65 Å². The average Bonchev–Trinajstić information content (AvgIpc) is 3.13. The van der Waals surface area contributed by atoms with E-state index in [0.717, 1.165) is 4.47 Å². The van der Waals surface area contributed by atoms with Crippen LogP contribution in [0.5, 0.6) is 0 Å². The van der Waals surface area contributed by atoms with Crippen molar-refractivity contribution in [1.82, 2.24) is 24.4 Å². The van der Waals surface area contributed by atoms with Gasteiger partial charge in [0.25, 0.3) is 0 Å². The average molecular weight is 479 g/mol. The van der Waals surface area contributed by atoms with E-state index in [0.29, 0.717) is 31.1 Å². The van der Waals surface area contributed by atoms with E-state index in [1.54, 1.807) is 20.5 Å². The maximum atomic E-state index is 13.4. The van der Waals surface area contributed by atoms with Gasteiger partial charge in [0.1, 0.15) is 11.4 Å². The molecule has 0 saturated carbocycles. The first-order chi connectivity index (χ1) is 14.0. The van der Waals surface area contributed by atoms with Gasteiger partial charge in [-0.25, -0.2) is 19.1 Å². The van der Waals surface area contributed by atoms with Crippen LogP contribution < -0.4 is 4.90 Å². The molecule has 3 amide bonds. The molecule has 2 aliphatic heterocycles. The highest BCUT2D eigenvalue weighted by atomic mass is 79.9. The maximum absolute atomic E-state index is 13.4. The molecule has 2 fully saturated rings. The smallest absolute Gasteiger partial charge is 0.410 e. The number of rotatable bonds is 3. The second kappa shape index (κ2) is 7.40. The Balaban J connectivity index is 1.51. The Kier molecular flexibility index (Phi) is 5.16. The Morgan fingerprint density at radius 3 is 2.60 bits per heavy atom. The monoisotopic (exact) mass is 478 g/mol. The van der Waals surface area contributed by atoms with E-state index in [1.165, 1.54) is 0 Å². The topological polar surface area (TPSA) is 83.3 Å². The Morgan fingerprint density at radius 2 is 1.97 bits per heavy atom. The second-order valence-electron chi connectivity index (χ2n) is 9.20. The fourth-order valence-corrected chi connectivity index (χ4v) is 4.18. The molecule has 162 valence electrons. The number of hydrogen-bond donors (Lipinski definition) is 0. The minimum atomic E-state index is -0.530. The molecular weight excluding hydrogens is 452 g/mol. The third-order valence-electron chi connectivity index (χ3n) is 5.45. The number of hydrogen-bond acceptors (Lipinski definition) is 5. The highest BCUT2D eigenvalue weighted by Crippen LogP contribution is 2.32. The molecule has 4 heterocycles. The van der Waals surface area contributed by atoms with Crippen molar-refractivity contribution >= 4 is 39.5 Å². The van der Waals surface area contributed by atoms with Crippen molar-refractivity contribution in [3.05, 3.63) is 22.9 Å². The zero-order chi connectivity index (χ0) is 21.8. The number of anilines is 1. The number of amides is 3. The van der Waals surface area contributed by atoms with Crippen LogP contribution in [0, 0.1) is 5.92 Å². The van der Waals surface area contributed by atoms with Gasteiger partial charge in [-0.05, 0) is 48.7 Å². The summed E-state index contributed by atoms with van der Waals surface area (Å²) in [5.74, 6) is 0.866. The van der Waals surface area contributed by atoms with Crippen LogP contribution in [0.2, 0.25) is 0 Å². The Morgan fingerprint density at radius 1 is 1.27 bits per heavy atom. The van der Waals surface area contributed by atoms with Crippen LogP contribution in [0.1, 0.15) is 34.6 Å². The molecule has 1 atom stereocenters. The summed E-state index contributed by atoms with van der Waals surface area (Å²) in [6.07, 6.45) is 3.16. The molecule has 2 aliphatic rings. The van der Waals surface area contributed by atoms with Crippen LogP contribution in [0.15, 0.2) is 22.9 Å². The van der Waals surface area contributed by atoms with Gasteiger partial charge < -0.3 is 14.5 Å². The summed E-state index contributed by atoms with van der Waals surface area (Å²) in [5.41, 5.74) is 0.137. The molecule has 0 aromatic carbocycles. The summed E-state index contributed by atoms with van der Waals surface area (Å²) in [4.78, 5) is 35.6. The summed E-state index contributed by atoms with van der Waals surface area (Å²) in [5, 5.41) is 4.22. The fraction of sp³-hybridized carbons (Fsp3) is 0.600. The van der Waals surface area contributed by atoms with Gasteiger partial charge in [-0.2, -0.15) is 5.10 Å². The maximum Gasteiger partial charge on any atom is 0.410 e. The molecule has 0 spiro atoms. The zero-order valence-corrected chi connectivity index (χ0v) is 19.5. The summed E-state index contributed by atoms with van der Waals surface area (Å²) < 4.78 is 7.87. The third-order valence-corrected chi connectivity index (χ3v) is 6.01. The molecule has 30 heavy (non-hydrogen) atoms. The number of urea groups is 1. The largest absolute Gasteiger partial charge is 0.444 e. The van der Waals surface area contributed by atoms with Crippen molar-refractivity contribution in [2.75, 3.05) is 24.5 Å². The lowest BCUT2D eigenvalue weighted by atomic mass is 10.0. The minimum absolute atomic E-state index is 0.00437. The minimum Gasteiger partial charge on any atom is -0.444 e. The van der Waals surface area contributed by atoms with E-state index in [2.05, 4.69) is 39.9 Å². The lowest BCUT2D eigenvalue weighted by Gasteiger charge is -2.43. The van der Waals surface area contributed by atoms with Crippen LogP contribution in [-0.4, -0.2) is 73.8 Å². The number of aromatic nitrogens is 3. The van der Waals surface area contributed by atoms with Crippen LogP contribution >= 0.6 is 15.9 Å². The highest BCUT2D eigenvalue weighted by molar-refractivity contribution is 9.10. The molecule has 0 radical (unpaired) electrons. The summed E-state index contributed by atoms with van der Waals surface area (Å²) in [7, 11) is 0. The van der Waals surface area contributed by atoms with Gasteiger partial charge in [0.15, 0.2) is 5.65 Å². The molecule has 0 N–H and O–H groups in total. The van der Waals surface area contributed by atoms with Gasteiger partial charge in [-0.3, -0.25) is 4.90 Å². The van der Waals surface area contributed by atoms with E-state index in [4.69, 9.17) is 4.74 Å². The lowest BCUT2D eigenvalue weighted by molar-refractivity contribution is -0.00657. The molecule has 10 heteroatoms. The fourth-order valence-electron chi connectivity index (χ4n) is 3.82. The van der Waals surface area contributed by atoms with Gasteiger partial charge >= 0.3 is 12.1 Å². The van der Waals surface area contributed by atoms with E-state index in [-0.39, 0.29) is 30.1 Å². The molecular formula is C20H27BrN6O3. The van der Waals surface area contributed by atoms with Gasteiger partial charge in [0.2, 0.25) is 0 Å². The molecule has 2 saturated heterocycles. The predicted octanol–water partition coefficient (Wildman–Crippen LogP) is 3.38. The first kappa shape index (κ1) is 20.9. The molecule has 0 aliphatic carbocycles. The van der Waals surface area contributed by atoms with Crippen LogP contribution in [-0.2, 0) is 4.74 Å². The Hall–Kier alpha value is -2.36. The summed E-state index contributed by atoms with van der Waals surface area (Å²) in [6.45, 7) is 11.3. The number of fused-ring (bicyclic) bond motifs is 1. The predicted molar refractivity (Wildman–Crippen MR) is 115 cm³/mol. The molecule has 4 rings (SSSR count). The van der Waals surface area contributed by atoms with Crippen molar-refractivity contribution in [3.8, 4) is 0 Å². The van der Waals surface area contributed by atoms with Crippen molar-refractivity contribution < 1.29 is 14.3 Å². The van der Waals surface area contributed by atoms with E-state index in [1.807, 2.05) is 37.9 Å². The van der Waals surface area contributed by atoms with Crippen molar-refractivity contribution in [1.29, 1.82) is 0 Å². The van der Waals surface area contributed by atoms with Gasteiger partial charge in [-0.1, -0.05) is 13.8 Å². The van der Waals surface area contributed by atoms with E-state index < -0.39 is 5.60 Å². The summed E-state index contributed by atoms with van der Waals surface area (Å²) >= 11 is 3.46. The normalized spacial score (nSPS) is 20.4. The number of halogens is 1. The molecule has 2 aromatic heterocycles. The first-order valence-electron chi connectivity index (χ1n) is 10.1. The second-order valence-corrected chi connectivity index (χ2v) is 10.1. The molecule has 0 bridgehead atoms. The van der Waals surface area contributed by atoms with Gasteiger partial charge in [-0.15, -0.1) is 0 Å². The number of ether oxygens (including phenoxy) is 1. The van der Waals surface area contributed by atoms with E-state index >= 15 is 0 Å². The molecule has 1 unspecified atom stereocenters. The Labute approximate surface area is 184 Å². The van der Waals surface area contributed by atoms with E-state index in [9.17, 15) is 9.59 Å². The van der Waals surface area contributed by atoms with Crippen molar-refractivity contribution in [3.63, 3.8) is 0 Å². The number of nitrogens with zero attached hydrogens (tertiary/aromatic N) is 6. The Bertz CT molecular complexity index is 979.